The predicted octanol–water partition coefficient (Wildman–Crippen LogP) is 6.15. The molecule has 1 amide bonds. The Bertz CT molecular complexity index is 1290. The second-order valence-electron chi connectivity index (χ2n) is 7.63. The molecule has 0 aliphatic carbocycles. The number of nitrogens with zero attached hydrogens (tertiary/aromatic N) is 3. The lowest BCUT2D eigenvalue weighted by Gasteiger charge is -2.33. The average molecular weight is 462 g/mol. The molecule has 7 heteroatoms. The van der Waals surface area contributed by atoms with Gasteiger partial charge in [0.25, 0.3) is 5.91 Å². The molecule has 2 aromatic carbocycles. The SMILES string of the molecule is Cc1sc(-c2ccccn2)nc1-c1ccc2c(c1)N(Cc1ccc(Cl)cc1)C(=O)C(C)O2. The minimum Gasteiger partial charge on any atom is -0.479 e. The first-order valence-corrected chi connectivity index (χ1v) is 11.4. The quantitative estimate of drug-likeness (QED) is 0.366. The normalized spacial score (nSPS) is 15.4. The molecule has 1 atom stereocenters. The van der Waals surface area contributed by atoms with Crippen LogP contribution in [-0.4, -0.2) is 22.0 Å². The Hall–Kier alpha value is -3.22. The minimum atomic E-state index is -0.544. The van der Waals surface area contributed by atoms with Crippen molar-refractivity contribution in [1.82, 2.24) is 9.97 Å². The van der Waals surface area contributed by atoms with E-state index in [0.29, 0.717) is 17.3 Å². The molecular weight excluding hydrogens is 442 g/mol. The number of carbonyl (C=O) groups excluding carboxylic acids is 1. The highest BCUT2D eigenvalue weighted by Gasteiger charge is 2.32. The van der Waals surface area contributed by atoms with Gasteiger partial charge in [0.15, 0.2) is 6.10 Å². The summed E-state index contributed by atoms with van der Waals surface area (Å²) in [5.41, 5.74) is 4.41. The third kappa shape index (κ3) is 3.87. The Labute approximate surface area is 195 Å². The standard InChI is InChI=1S/C25H20ClN3O2S/c1-15-25(30)29(14-17-6-9-19(26)10-7-17)21-13-18(8-11-22(21)31-15)23-16(2)32-24(28-23)20-5-3-4-12-27-20/h3-13,15H,14H2,1-2H3. The van der Waals surface area contributed by atoms with E-state index in [1.807, 2.05) is 67.6 Å². The molecule has 0 saturated carbocycles. The number of amides is 1. The van der Waals surface area contributed by atoms with Gasteiger partial charge in [-0.1, -0.05) is 29.8 Å². The largest absolute Gasteiger partial charge is 0.479 e. The summed E-state index contributed by atoms with van der Waals surface area (Å²) >= 11 is 7.63. The van der Waals surface area contributed by atoms with Crippen LogP contribution in [0, 0.1) is 6.92 Å². The molecule has 0 N–H and O–H groups in total. The summed E-state index contributed by atoms with van der Waals surface area (Å²) in [4.78, 5) is 25.1. The van der Waals surface area contributed by atoms with Gasteiger partial charge in [-0.3, -0.25) is 9.78 Å². The van der Waals surface area contributed by atoms with Crippen LogP contribution >= 0.6 is 22.9 Å². The summed E-state index contributed by atoms with van der Waals surface area (Å²) in [7, 11) is 0. The number of hydrogen-bond donors (Lipinski definition) is 0. The molecule has 0 bridgehead atoms. The van der Waals surface area contributed by atoms with Gasteiger partial charge in [-0.15, -0.1) is 11.3 Å². The van der Waals surface area contributed by atoms with Gasteiger partial charge in [0, 0.05) is 21.7 Å². The summed E-state index contributed by atoms with van der Waals surface area (Å²) in [5, 5.41) is 1.54. The van der Waals surface area contributed by atoms with E-state index in [0.717, 1.165) is 38.1 Å². The maximum atomic E-state index is 13.0. The predicted molar refractivity (Wildman–Crippen MR) is 128 cm³/mol. The van der Waals surface area contributed by atoms with Crippen molar-refractivity contribution < 1.29 is 9.53 Å². The van der Waals surface area contributed by atoms with E-state index in [2.05, 4.69) is 4.98 Å². The van der Waals surface area contributed by atoms with Crippen molar-refractivity contribution in [1.29, 1.82) is 0 Å². The molecule has 3 heterocycles. The third-order valence-corrected chi connectivity index (χ3v) is 6.62. The number of benzene rings is 2. The molecule has 1 unspecified atom stereocenters. The van der Waals surface area contributed by atoms with E-state index in [1.165, 1.54) is 0 Å². The first-order chi connectivity index (χ1) is 15.5. The Morgan fingerprint density at radius 2 is 1.94 bits per heavy atom. The van der Waals surface area contributed by atoms with Crippen LogP contribution in [0.4, 0.5) is 5.69 Å². The van der Waals surface area contributed by atoms with E-state index in [-0.39, 0.29) is 5.91 Å². The zero-order chi connectivity index (χ0) is 22.2. The molecular formula is C25H20ClN3O2S. The molecule has 1 aliphatic heterocycles. The fraction of sp³-hybridized carbons (Fsp3) is 0.160. The van der Waals surface area contributed by atoms with Gasteiger partial charge < -0.3 is 9.64 Å². The molecule has 0 spiro atoms. The van der Waals surface area contributed by atoms with Crippen LogP contribution < -0.4 is 9.64 Å². The van der Waals surface area contributed by atoms with Crippen LogP contribution in [-0.2, 0) is 11.3 Å². The van der Waals surface area contributed by atoms with E-state index in [4.69, 9.17) is 21.3 Å². The van der Waals surface area contributed by atoms with E-state index < -0.39 is 6.10 Å². The van der Waals surface area contributed by atoms with Crippen molar-refractivity contribution in [2.75, 3.05) is 4.90 Å². The van der Waals surface area contributed by atoms with Gasteiger partial charge in [-0.05, 0) is 61.9 Å². The molecule has 5 rings (SSSR count). The number of ether oxygens (including phenoxy) is 1. The number of halogens is 1. The summed E-state index contributed by atoms with van der Waals surface area (Å²) in [6, 6.07) is 19.2. The number of carbonyl (C=O) groups is 1. The fourth-order valence-electron chi connectivity index (χ4n) is 3.75. The topological polar surface area (TPSA) is 55.3 Å². The highest BCUT2D eigenvalue weighted by molar-refractivity contribution is 7.15. The van der Waals surface area contributed by atoms with Gasteiger partial charge in [0.05, 0.1) is 23.6 Å². The van der Waals surface area contributed by atoms with Crippen LogP contribution in [0.3, 0.4) is 0 Å². The number of aromatic nitrogens is 2. The molecule has 0 saturated heterocycles. The number of hydrogen-bond acceptors (Lipinski definition) is 5. The van der Waals surface area contributed by atoms with Crippen molar-refractivity contribution in [3.63, 3.8) is 0 Å². The third-order valence-electron chi connectivity index (χ3n) is 5.38. The molecule has 0 fully saturated rings. The van der Waals surface area contributed by atoms with Gasteiger partial charge in [-0.25, -0.2) is 4.98 Å². The summed E-state index contributed by atoms with van der Waals surface area (Å²) in [5.74, 6) is 0.612. The van der Waals surface area contributed by atoms with Crippen molar-refractivity contribution in [2.24, 2.45) is 0 Å². The molecule has 5 nitrogen and oxygen atoms in total. The number of fused-ring (bicyclic) bond motifs is 1. The summed E-state index contributed by atoms with van der Waals surface area (Å²) in [6.45, 7) is 4.27. The van der Waals surface area contributed by atoms with Crippen LogP contribution in [0.2, 0.25) is 5.02 Å². The van der Waals surface area contributed by atoms with E-state index in [1.54, 1.807) is 29.4 Å². The maximum absolute atomic E-state index is 13.0. The fourth-order valence-corrected chi connectivity index (χ4v) is 4.79. The highest BCUT2D eigenvalue weighted by Crippen LogP contribution is 2.40. The molecule has 160 valence electrons. The Balaban J connectivity index is 1.54. The lowest BCUT2D eigenvalue weighted by molar-refractivity contribution is -0.125. The molecule has 4 aromatic rings. The van der Waals surface area contributed by atoms with Crippen molar-refractivity contribution in [3.05, 3.63) is 82.3 Å². The van der Waals surface area contributed by atoms with Crippen LogP contribution in [0.1, 0.15) is 17.4 Å². The second kappa shape index (κ2) is 8.37. The number of thiazole rings is 1. The van der Waals surface area contributed by atoms with Gasteiger partial charge in [0.2, 0.25) is 0 Å². The molecule has 0 radical (unpaired) electrons. The average Bonchev–Trinajstić information content (AvgIpc) is 3.20. The zero-order valence-electron chi connectivity index (χ0n) is 17.6. The minimum absolute atomic E-state index is 0.0752. The Morgan fingerprint density at radius 1 is 1.12 bits per heavy atom. The lowest BCUT2D eigenvalue weighted by atomic mass is 10.1. The van der Waals surface area contributed by atoms with Gasteiger partial charge in [-0.2, -0.15) is 0 Å². The monoisotopic (exact) mass is 461 g/mol. The number of pyridine rings is 1. The lowest BCUT2D eigenvalue weighted by Crippen LogP contribution is -2.44. The van der Waals surface area contributed by atoms with E-state index >= 15 is 0 Å². The second-order valence-corrected chi connectivity index (χ2v) is 9.27. The van der Waals surface area contributed by atoms with Crippen LogP contribution in [0.5, 0.6) is 5.75 Å². The van der Waals surface area contributed by atoms with Crippen molar-refractivity contribution in [3.8, 4) is 27.7 Å². The molecule has 1 aliphatic rings. The first-order valence-electron chi connectivity index (χ1n) is 10.3. The van der Waals surface area contributed by atoms with Crippen molar-refractivity contribution >= 4 is 34.5 Å². The zero-order valence-corrected chi connectivity index (χ0v) is 19.2. The molecule has 2 aromatic heterocycles. The molecule has 32 heavy (non-hydrogen) atoms. The van der Waals surface area contributed by atoms with Crippen molar-refractivity contribution in [2.45, 2.75) is 26.5 Å². The summed E-state index contributed by atoms with van der Waals surface area (Å²) in [6.07, 6.45) is 1.22. The number of anilines is 1. The summed E-state index contributed by atoms with van der Waals surface area (Å²) < 4.78 is 5.89. The van der Waals surface area contributed by atoms with E-state index in [9.17, 15) is 4.79 Å². The van der Waals surface area contributed by atoms with Crippen LogP contribution in [0.15, 0.2) is 66.9 Å². The van der Waals surface area contributed by atoms with Crippen LogP contribution in [0.25, 0.3) is 22.0 Å². The maximum Gasteiger partial charge on any atom is 0.268 e. The van der Waals surface area contributed by atoms with Gasteiger partial charge >= 0.3 is 0 Å². The number of rotatable bonds is 4. The Kier molecular flexibility index (Phi) is 5.41. The smallest absolute Gasteiger partial charge is 0.268 e. The first kappa shape index (κ1) is 20.7. The van der Waals surface area contributed by atoms with Gasteiger partial charge in [0.1, 0.15) is 10.8 Å². The highest BCUT2D eigenvalue weighted by atomic mass is 35.5. The Morgan fingerprint density at radius 3 is 2.69 bits per heavy atom. The number of aryl methyl sites for hydroxylation is 1.